The normalized spacial score (nSPS) is 19.3. The van der Waals surface area contributed by atoms with E-state index in [1.54, 1.807) is 6.07 Å². The van der Waals surface area contributed by atoms with Gasteiger partial charge in [0.05, 0.1) is 15.9 Å². The van der Waals surface area contributed by atoms with E-state index in [9.17, 15) is 13.2 Å². The lowest BCUT2D eigenvalue weighted by Gasteiger charge is -2.11. The summed E-state index contributed by atoms with van der Waals surface area (Å²) in [5, 5.41) is 3.33. The highest BCUT2D eigenvalue weighted by atomic mass is 32.2. The quantitative estimate of drug-likeness (QED) is 0.636. The molecule has 1 atom stereocenters. The molecular formula is C13H18N4O3S. The van der Waals surface area contributed by atoms with E-state index in [-0.39, 0.29) is 10.6 Å². The Kier molecular flexibility index (Phi) is 3.83. The SMILES string of the molecule is O=c1[nH]c2ccc(S(=O)(=O)NCC[C@H]3CCCN3)cc2[nH]1. The van der Waals surface area contributed by atoms with Gasteiger partial charge in [-0.25, -0.2) is 17.9 Å². The molecule has 7 nitrogen and oxygen atoms in total. The van der Waals surface area contributed by atoms with Gasteiger partial charge in [0.1, 0.15) is 0 Å². The number of aromatic amines is 2. The first kappa shape index (κ1) is 14.3. The minimum atomic E-state index is -3.55. The average Bonchev–Trinajstić information content (AvgIpc) is 3.05. The van der Waals surface area contributed by atoms with Crippen LogP contribution in [0.1, 0.15) is 19.3 Å². The Morgan fingerprint density at radius 2 is 2.05 bits per heavy atom. The molecule has 0 amide bonds. The number of hydrogen-bond acceptors (Lipinski definition) is 4. The van der Waals surface area contributed by atoms with Crippen LogP contribution in [0.15, 0.2) is 27.9 Å². The minimum absolute atomic E-state index is 0.157. The van der Waals surface area contributed by atoms with Crippen molar-refractivity contribution in [3.8, 4) is 0 Å². The summed E-state index contributed by atoms with van der Waals surface area (Å²) < 4.78 is 27.0. The highest BCUT2D eigenvalue weighted by molar-refractivity contribution is 7.89. The summed E-state index contributed by atoms with van der Waals surface area (Å²) in [6, 6.07) is 4.93. The van der Waals surface area contributed by atoms with Gasteiger partial charge >= 0.3 is 5.69 Å². The number of rotatable bonds is 5. The zero-order chi connectivity index (χ0) is 14.9. The fourth-order valence-corrected chi connectivity index (χ4v) is 3.71. The number of H-pyrrole nitrogens is 2. The van der Waals surface area contributed by atoms with Crippen molar-refractivity contribution in [2.45, 2.75) is 30.2 Å². The van der Waals surface area contributed by atoms with Gasteiger partial charge in [0, 0.05) is 12.6 Å². The predicted octanol–water partition coefficient (Wildman–Crippen LogP) is 0.277. The van der Waals surface area contributed by atoms with Crippen molar-refractivity contribution in [3.05, 3.63) is 28.7 Å². The van der Waals surface area contributed by atoms with Crippen molar-refractivity contribution in [2.75, 3.05) is 13.1 Å². The first-order valence-electron chi connectivity index (χ1n) is 7.00. The molecule has 2 aromatic rings. The molecule has 1 fully saturated rings. The Morgan fingerprint density at radius 1 is 1.24 bits per heavy atom. The Labute approximate surface area is 122 Å². The first-order valence-corrected chi connectivity index (χ1v) is 8.48. The summed E-state index contributed by atoms with van der Waals surface area (Å²) >= 11 is 0. The molecule has 1 saturated heterocycles. The standard InChI is InChI=1S/C13H18N4O3S/c18-13-16-11-4-3-10(8-12(11)17-13)21(19,20)15-7-5-9-2-1-6-14-9/h3-4,8-9,14-15H,1-2,5-7H2,(H2,16,17,18)/t9-/m1/s1. The van der Waals surface area contributed by atoms with Crippen LogP contribution in [-0.4, -0.2) is 37.5 Å². The number of hydrogen-bond donors (Lipinski definition) is 4. The molecule has 3 rings (SSSR count). The number of sulfonamides is 1. The third kappa shape index (κ3) is 3.17. The van der Waals surface area contributed by atoms with Crippen molar-refractivity contribution in [2.24, 2.45) is 0 Å². The maximum atomic E-state index is 12.2. The molecule has 0 unspecified atom stereocenters. The van der Waals surface area contributed by atoms with Crippen molar-refractivity contribution >= 4 is 21.1 Å². The van der Waals surface area contributed by atoms with Gasteiger partial charge in [-0.2, -0.15) is 0 Å². The zero-order valence-corrected chi connectivity index (χ0v) is 12.3. The van der Waals surface area contributed by atoms with Gasteiger partial charge in [0.2, 0.25) is 10.0 Å². The highest BCUT2D eigenvalue weighted by Crippen LogP contribution is 2.15. The average molecular weight is 310 g/mol. The Bertz CT molecular complexity index is 787. The van der Waals surface area contributed by atoms with Crippen LogP contribution in [0.25, 0.3) is 11.0 Å². The number of imidazole rings is 1. The molecule has 0 saturated carbocycles. The molecule has 0 spiro atoms. The molecule has 0 bridgehead atoms. The lowest BCUT2D eigenvalue weighted by molar-refractivity contribution is 0.539. The van der Waals surface area contributed by atoms with Crippen LogP contribution in [0.3, 0.4) is 0 Å². The zero-order valence-electron chi connectivity index (χ0n) is 11.5. The Hall–Kier alpha value is -1.64. The van der Waals surface area contributed by atoms with Crippen LogP contribution >= 0.6 is 0 Å². The van der Waals surface area contributed by atoms with Gasteiger partial charge in [-0.15, -0.1) is 0 Å². The monoisotopic (exact) mass is 310 g/mol. The van der Waals surface area contributed by atoms with Crippen molar-refractivity contribution in [1.82, 2.24) is 20.0 Å². The van der Waals surface area contributed by atoms with E-state index in [1.165, 1.54) is 12.1 Å². The van der Waals surface area contributed by atoms with Crippen molar-refractivity contribution in [3.63, 3.8) is 0 Å². The third-order valence-electron chi connectivity index (χ3n) is 3.74. The third-order valence-corrected chi connectivity index (χ3v) is 5.20. The molecule has 8 heteroatoms. The Balaban J connectivity index is 1.71. The number of benzene rings is 1. The molecule has 0 radical (unpaired) electrons. The molecule has 1 aromatic carbocycles. The van der Waals surface area contributed by atoms with E-state index in [2.05, 4.69) is 20.0 Å². The fraction of sp³-hybridized carbons (Fsp3) is 0.462. The Morgan fingerprint density at radius 3 is 2.81 bits per heavy atom. The number of nitrogens with one attached hydrogen (secondary N) is 4. The predicted molar refractivity (Wildman–Crippen MR) is 79.7 cm³/mol. The van der Waals surface area contributed by atoms with Crippen molar-refractivity contribution in [1.29, 1.82) is 0 Å². The van der Waals surface area contributed by atoms with Crippen molar-refractivity contribution < 1.29 is 8.42 Å². The van der Waals surface area contributed by atoms with Gasteiger partial charge in [0.25, 0.3) is 0 Å². The molecule has 4 N–H and O–H groups in total. The maximum Gasteiger partial charge on any atom is 0.323 e. The summed E-state index contributed by atoms with van der Waals surface area (Å²) in [5.74, 6) is 0. The first-order chi connectivity index (χ1) is 10.0. The largest absolute Gasteiger partial charge is 0.323 e. The van der Waals surface area contributed by atoms with E-state index in [0.717, 1.165) is 25.8 Å². The van der Waals surface area contributed by atoms with Crippen LogP contribution in [0, 0.1) is 0 Å². The summed E-state index contributed by atoms with van der Waals surface area (Å²) in [7, 11) is -3.55. The lowest BCUT2D eigenvalue weighted by Crippen LogP contribution is -2.30. The molecule has 0 aliphatic carbocycles. The molecule has 2 heterocycles. The number of fused-ring (bicyclic) bond motifs is 1. The van der Waals surface area contributed by atoms with E-state index < -0.39 is 10.0 Å². The topological polar surface area (TPSA) is 107 Å². The van der Waals surface area contributed by atoms with E-state index in [4.69, 9.17) is 0 Å². The second kappa shape index (κ2) is 5.63. The molecular weight excluding hydrogens is 292 g/mol. The van der Waals surface area contributed by atoms with Gasteiger partial charge in [0.15, 0.2) is 0 Å². The van der Waals surface area contributed by atoms with Gasteiger partial charge in [-0.3, -0.25) is 0 Å². The summed E-state index contributed by atoms with van der Waals surface area (Å²) in [6.45, 7) is 1.41. The smallest absolute Gasteiger partial charge is 0.314 e. The summed E-state index contributed by atoms with van der Waals surface area (Å²) in [5.41, 5.74) is 0.731. The molecule has 114 valence electrons. The number of aromatic nitrogens is 2. The van der Waals surface area contributed by atoms with Gasteiger partial charge in [-0.1, -0.05) is 0 Å². The second-order valence-corrected chi connectivity index (χ2v) is 7.03. The van der Waals surface area contributed by atoms with Crippen LogP contribution in [0.5, 0.6) is 0 Å². The lowest BCUT2D eigenvalue weighted by atomic mass is 10.2. The van der Waals surface area contributed by atoms with Gasteiger partial charge in [-0.05, 0) is 44.0 Å². The van der Waals surface area contributed by atoms with Gasteiger partial charge < -0.3 is 15.3 Å². The second-order valence-electron chi connectivity index (χ2n) is 5.27. The summed E-state index contributed by atoms with van der Waals surface area (Å²) in [6.07, 6.45) is 3.02. The fourth-order valence-electron chi connectivity index (χ4n) is 2.63. The van der Waals surface area contributed by atoms with E-state index in [0.29, 0.717) is 23.6 Å². The van der Waals surface area contributed by atoms with E-state index in [1.807, 2.05) is 0 Å². The molecule has 1 aromatic heterocycles. The molecule has 1 aliphatic rings. The molecule has 21 heavy (non-hydrogen) atoms. The van der Waals surface area contributed by atoms with Crippen LogP contribution < -0.4 is 15.7 Å². The van der Waals surface area contributed by atoms with Crippen LogP contribution in [0.4, 0.5) is 0 Å². The van der Waals surface area contributed by atoms with Crippen LogP contribution in [0.2, 0.25) is 0 Å². The highest BCUT2D eigenvalue weighted by Gasteiger charge is 2.17. The maximum absolute atomic E-state index is 12.2. The van der Waals surface area contributed by atoms with E-state index >= 15 is 0 Å². The molecule has 1 aliphatic heterocycles. The minimum Gasteiger partial charge on any atom is -0.314 e. The summed E-state index contributed by atoms with van der Waals surface area (Å²) in [4.78, 5) is 16.5. The van der Waals surface area contributed by atoms with Crippen LogP contribution in [-0.2, 0) is 10.0 Å².